The lowest BCUT2D eigenvalue weighted by molar-refractivity contribution is 0.694. The van der Waals surface area contributed by atoms with Crippen molar-refractivity contribution in [3.8, 4) is 0 Å². The Labute approximate surface area is 110 Å². The fourth-order valence-corrected chi connectivity index (χ4v) is 2.31. The molecule has 0 saturated heterocycles. The Balaban J connectivity index is 2.52. The van der Waals surface area contributed by atoms with E-state index in [1.54, 1.807) is 0 Å². The molecule has 1 aromatic carbocycles. The zero-order valence-electron chi connectivity index (χ0n) is 10.1. The van der Waals surface area contributed by atoms with Crippen LogP contribution in [0.2, 0.25) is 0 Å². The maximum Gasteiger partial charge on any atom is 0.159 e. The molecule has 4 heteroatoms. The number of halogens is 1. The Bertz CT molecular complexity index is 493. The second kappa shape index (κ2) is 5.45. The number of alkyl halides is 1. The SMILES string of the molecule is CC(C)N(CCBr)c1nncc2ccccc12. The van der Waals surface area contributed by atoms with Gasteiger partial charge in [0.2, 0.25) is 0 Å². The van der Waals surface area contributed by atoms with Crippen LogP contribution in [0.5, 0.6) is 0 Å². The van der Waals surface area contributed by atoms with Gasteiger partial charge < -0.3 is 4.90 Å². The van der Waals surface area contributed by atoms with Gasteiger partial charge in [-0.15, -0.1) is 5.10 Å². The average molecular weight is 294 g/mol. The monoisotopic (exact) mass is 293 g/mol. The Kier molecular flexibility index (Phi) is 3.94. The summed E-state index contributed by atoms with van der Waals surface area (Å²) < 4.78 is 0. The zero-order chi connectivity index (χ0) is 12.3. The normalized spacial score (nSPS) is 11.1. The van der Waals surface area contributed by atoms with Crippen molar-refractivity contribution in [1.82, 2.24) is 10.2 Å². The van der Waals surface area contributed by atoms with Gasteiger partial charge in [0.15, 0.2) is 5.82 Å². The minimum atomic E-state index is 0.410. The highest BCUT2D eigenvalue weighted by molar-refractivity contribution is 9.09. The molecule has 0 spiro atoms. The van der Waals surface area contributed by atoms with E-state index in [-0.39, 0.29) is 0 Å². The third-order valence-electron chi connectivity index (χ3n) is 2.77. The van der Waals surface area contributed by atoms with Crippen LogP contribution < -0.4 is 4.90 Å². The summed E-state index contributed by atoms with van der Waals surface area (Å²) in [6, 6.07) is 8.65. The highest BCUT2D eigenvalue weighted by Crippen LogP contribution is 2.24. The predicted molar refractivity (Wildman–Crippen MR) is 75.8 cm³/mol. The third-order valence-corrected chi connectivity index (χ3v) is 3.13. The number of hydrogen-bond acceptors (Lipinski definition) is 3. The molecule has 1 aromatic heterocycles. The lowest BCUT2D eigenvalue weighted by Crippen LogP contribution is -2.33. The predicted octanol–water partition coefficient (Wildman–Crippen LogP) is 3.24. The molecule has 0 amide bonds. The average Bonchev–Trinajstić information content (AvgIpc) is 2.35. The van der Waals surface area contributed by atoms with Gasteiger partial charge in [-0.2, -0.15) is 5.10 Å². The second-order valence-corrected chi connectivity index (χ2v) is 5.02. The van der Waals surface area contributed by atoms with Crippen LogP contribution in [0.15, 0.2) is 30.5 Å². The van der Waals surface area contributed by atoms with Crippen LogP contribution in [0.4, 0.5) is 5.82 Å². The first-order valence-electron chi connectivity index (χ1n) is 5.77. The van der Waals surface area contributed by atoms with E-state index in [1.807, 2.05) is 18.3 Å². The van der Waals surface area contributed by atoms with E-state index in [0.717, 1.165) is 28.5 Å². The molecule has 0 saturated carbocycles. The van der Waals surface area contributed by atoms with Gasteiger partial charge in [-0.25, -0.2) is 0 Å². The van der Waals surface area contributed by atoms with Crippen LogP contribution in [0.25, 0.3) is 10.8 Å². The molecule has 0 aliphatic rings. The van der Waals surface area contributed by atoms with Crippen LogP contribution in [-0.2, 0) is 0 Å². The molecule has 0 aliphatic carbocycles. The largest absolute Gasteiger partial charge is 0.351 e. The zero-order valence-corrected chi connectivity index (χ0v) is 11.7. The quantitative estimate of drug-likeness (QED) is 0.811. The number of benzene rings is 1. The van der Waals surface area contributed by atoms with Crippen LogP contribution in [0, 0.1) is 0 Å². The van der Waals surface area contributed by atoms with Crippen molar-refractivity contribution in [2.45, 2.75) is 19.9 Å². The van der Waals surface area contributed by atoms with Crippen molar-refractivity contribution in [3.63, 3.8) is 0 Å². The van der Waals surface area contributed by atoms with E-state index < -0.39 is 0 Å². The van der Waals surface area contributed by atoms with Gasteiger partial charge in [0, 0.05) is 28.7 Å². The number of aromatic nitrogens is 2. The minimum Gasteiger partial charge on any atom is -0.351 e. The lowest BCUT2D eigenvalue weighted by Gasteiger charge is -2.27. The summed E-state index contributed by atoms with van der Waals surface area (Å²) in [7, 11) is 0. The Hall–Kier alpha value is -1.16. The molecule has 17 heavy (non-hydrogen) atoms. The highest BCUT2D eigenvalue weighted by atomic mass is 79.9. The molecule has 0 radical (unpaired) electrons. The first-order chi connectivity index (χ1) is 8.24. The van der Waals surface area contributed by atoms with E-state index in [0.29, 0.717) is 6.04 Å². The fourth-order valence-electron chi connectivity index (χ4n) is 1.92. The summed E-state index contributed by atoms with van der Waals surface area (Å²) in [6.07, 6.45) is 1.81. The Morgan fingerprint density at radius 3 is 2.76 bits per heavy atom. The molecular weight excluding hydrogens is 278 g/mol. The number of anilines is 1. The number of hydrogen-bond donors (Lipinski definition) is 0. The molecule has 90 valence electrons. The maximum absolute atomic E-state index is 4.30. The van der Waals surface area contributed by atoms with Crippen LogP contribution in [0.3, 0.4) is 0 Å². The molecule has 3 nitrogen and oxygen atoms in total. The van der Waals surface area contributed by atoms with E-state index in [2.05, 4.69) is 57.0 Å². The fraction of sp³-hybridized carbons (Fsp3) is 0.385. The lowest BCUT2D eigenvalue weighted by atomic mass is 10.1. The molecule has 0 N–H and O–H groups in total. The smallest absolute Gasteiger partial charge is 0.159 e. The molecular formula is C13H16BrN3. The number of rotatable bonds is 4. The Morgan fingerprint density at radius 1 is 1.29 bits per heavy atom. The molecule has 0 fully saturated rings. The van der Waals surface area contributed by atoms with Gasteiger partial charge in [-0.05, 0) is 13.8 Å². The van der Waals surface area contributed by atoms with Crippen LogP contribution >= 0.6 is 15.9 Å². The minimum absolute atomic E-state index is 0.410. The maximum atomic E-state index is 4.30. The third kappa shape index (κ3) is 2.57. The summed E-state index contributed by atoms with van der Waals surface area (Å²) in [5.41, 5.74) is 0. The number of nitrogens with zero attached hydrogens (tertiary/aromatic N) is 3. The van der Waals surface area contributed by atoms with E-state index >= 15 is 0 Å². The van der Waals surface area contributed by atoms with Gasteiger partial charge in [0.25, 0.3) is 0 Å². The summed E-state index contributed by atoms with van der Waals surface area (Å²) in [5, 5.41) is 11.6. The summed E-state index contributed by atoms with van der Waals surface area (Å²) in [4.78, 5) is 2.27. The molecule has 1 heterocycles. The highest BCUT2D eigenvalue weighted by Gasteiger charge is 2.14. The molecule has 0 atom stereocenters. The van der Waals surface area contributed by atoms with Gasteiger partial charge in [0.05, 0.1) is 6.20 Å². The topological polar surface area (TPSA) is 29.0 Å². The molecule has 2 aromatic rings. The van der Waals surface area contributed by atoms with Gasteiger partial charge in [0.1, 0.15) is 0 Å². The number of fused-ring (bicyclic) bond motifs is 1. The summed E-state index contributed by atoms with van der Waals surface area (Å²) in [5.74, 6) is 0.970. The van der Waals surface area contributed by atoms with Crippen molar-refractivity contribution in [3.05, 3.63) is 30.5 Å². The van der Waals surface area contributed by atoms with E-state index in [4.69, 9.17) is 0 Å². The van der Waals surface area contributed by atoms with Crippen LogP contribution in [-0.4, -0.2) is 28.1 Å². The van der Waals surface area contributed by atoms with Gasteiger partial charge in [-0.1, -0.05) is 40.2 Å². The summed E-state index contributed by atoms with van der Waals surface area (Å²) in [6.45, 7) is 5.28. The van der Waals surface area contributed by atoms with Crippen molar-refractivity contribution in [2.24, 2.45) is 0 Å². The summed E-state index contributed by atoms with van der Waals surface area (Å²) >= 11 is 3.49. The van der Waals surface area contributed by atoms with Gasteiger partial charge >= 0.3 is 0 Å². The van der Waals surface area contributed by atoms with E-state index in [9.17, 15) is 0 Å². The molecule has 0 unspecified atom stereocenters. The molecule has 0 aliphatic heterocycles. The standard InChI is InChI=1S/C13H16BrN3/c1-10(2)17(8-7-14)13-12-6-4-3-5-11(12)9-15-16-13/h3-6,9-10H,7-8H2,1-2H3. The molecule has 2 rings (SSSR count). The van der Waals surface area contributed by atoms with Gasteiger partial charge in [-0.3, -0.25) is 0 Å². The van der Waals surface area contributed by atoms with Crippen molar-refractivity contribution in [2.75, 3.05) is 16.8 Å². The second-order valence-electron chi connectivity index (χ2n) is 4.23. The molecule has 0 bridgehead atoms. The first-order valence-corrected chi connectivity index (χ1v) is 6.89. The van der Waals surface area contributed by atoms with Crippen molar-refractivity contribution >= 4 is 32.5 Å². The first kappa shape index (κ1) is 12.3. The van der Waals surface area contributed by atoms with Crippen molar-refractivity contribution in [1.29, 1.82) is 0 Å². The Morgan fingerprint density at radius 2 is 2.06 bits per heavy atom. The van der Waals surface area contributed by atoms with E-state index in [1.165, 1.54) is 0 Å². The van der Waals surface area contributed by atoms with Crippen molar-refractivity contribution < 1.29 is 0 Å². The van der Waals surface area contributed by atoms with Crippen LogP contribution in [0.1, 0.15) is 13.8 Å².